The van der Waals surface area contributed by atoms with Gasteiger partial charge in [-0.05, 0) is 42.0 Å². The van der Waals surface area contributed by atoms with Crippen LogP contribution in [0.15, 0.2) is 76.6 Å². The third kappa shape index (κ3) is 3.62. The first-order chi connectivity index (χ1) is 15.6. The topological polar surface area (TPSA) is 97.7 Å². The van der Waals surface area contributed by atoms with E-state index in [9.17, 15) is 9.59 Å². The van der Waals surface area contributed by atoms with Gasteiger partial charge in [0.1, 0.15) is 6.61 Å². The summed E-state index contributed by atoms with van der Waals surface area (Å²) in [7, 11) is 0. The highest BCUT2D eigenvalue weighted by Gasteiger charge is 2.27. The van der Waals surface area contributed by atoms with Crippen LogP contribution >= 0.6 is 0 Å². The number of nitrogens with zero attached hydrogens (tertiary/aromatic N) is 2. The normalized spacial score (nSPS) is 15.2. The smallest absolute Gasteiger partial charge is 0.284 e. The van der Waals surface area contributed by atoms with Crippen molar-refractivity contribution in [3.8, 4) is 17.2 Å². The Morgan fingerprint density at radius 1 is 1.09 bits per heavy atom. The number of ether oxygens (including phenoxy) is 2. The van der Waals surface area contributed by atoms with E-state index in [1.807, 2.05) is 66.7 Å². The van der Waals surface area contributed by atoms with Crippen LogP contribution in [0.2, 0.25) is 0 Å². The van der Waals surface area contributed by atoms with Gasteiger partial charge in [0, 0.05) is 5.69 Å². The van der Waals surface area contributed by atoms with Crippen LogP contribution in [0.5, 0.6) is 11.5 Å². The summed E-state index contributed by atoms with van der Waals surface area (Å²) < 4.78 is 13.0. The standard InChI is InChI=1S/C24H20N4O4/c1-15-19(24(30)28(27-15)18-9-3-2-4-10-18)13-25-26-23(29)22-14-31-20-11-16-7-5-6-8-17(16)12-21(20)32-22/h2-13,22,27H,14H2,1H3,(H,26,29)/b25-13+. The van der Waals surface area contributed by atoms with E-state index < -0.39 is 12.0 Å². The van der Waals surface area contributed by atoms with E-state index in [0.29, 0.717) is 28.4 Å². The number of carbonyl (C=O) groups is 1. The van der Waals surface area contributed by atoms with Crippen molar-refractivity contribution in [2.45, 2.75) is 13.0 Å². The number of aromatic nitrogens is 2. The van der Waals surface area contributed by atoms with Gasteiger partial charge in [-0.2, -0.15) is 5.10 Å². The van der Waals surface area contributed by atoms with Crippen LogP contribution in [0.1, 0.15) is 11.3 Å². The zero-order valence-electron chi connectivity index (χ0n) is 17.2. The number of carbonyl (C=O) groups excluding carboxylic acids is 1. The molecule has 1 atom stereocenters. The van der Waals surface area contributed by atoms with Crippen molar-refractivity contribution >= 4 is 22.9 Å². The number of H-pyrrole nitrogens is 1. The van der Waals surface area contributed by atoms with Crippen LogP contribution < -0.4 is 20.5 Å². The molecular formula is C24H20N4O4. The Morgan fingerprint density at radius 2 is 1.78 bits per heavy atom. The fraction of sp³-hybridized carbons (Fsp3) is 0.125. The van der Waals surface area contributed by atoms with Crippen LogP contribution in [0.3, 0.4) is 0 Å². The zero-order valence-corrected chi connectivity index (χ0v) is 17.2. The van der Waals surface area contributed by atoms with Gasteiger partial charge in [0.05, 0.1) is 17.5 Å². The average Bonchev–Trinajstić information content (AvgIpc) is 3.11. The molecule has 1 unspecified atom stereocenters. The van der Waals surface area contributed by atoms with Crippen LogP contribution in [-0.4, -0.2) is 34.6 Å². The Labute approximate surface area is 183 Å². The molecule has 0 bridgehead atoms. The Hall–Kier alpha value is -4.33. The van der Waals surface area contributed by atoms with Gasteiger partial charge < -0.3 is 9.47 Å². The van der Waals surface area contributed by atoms with Crippen LogP contribution in [0.4, 0.5) is 0 Å². The molecule has 32 heavy (non-hydrogen) atoms. The van der Waals surface area contributed by atoms with E-state index in [-0.39, 0.29) is 12.2 Å². The Morgan fingerprint density at radius 3 is 2.53 bits per heavy atom. The van der Waals surface area contributed by atoms with E-state index in [2.05, 4.69) is 15.6 Å². The number of rotatable bonds is 4. The molecule has 8 heteroatoms. The molecule has 1 aliphatic heterocycles. The van der Waals surface area contributed by atoms with E-state index in [1.54, 1.807) is 6.92 Å². The van der Waals surface area contributed by atoms with Gasteiger partial charge in [0.25, 0.3) is 11.5 Å². The Bertz CT molecular complexity index is 1390. The molecule has 0 saturated heterocycles. The second-order valence-corrected chi connectivity index (χ2v) is 7.42. The molecule has 4 aromatic rings. The lowest BCUT2D eigenvalue weighted by Crippen LogP contribution is -2.42. The first kappa shape index (κ1) is 19.6. The van der Waals surface area contributed by atoms with Gasteiger partial charge in [-0.3, -0.25) is 14.7 Å². The maximum Gasteiger partial charge on any atom is 0.284 e. The van der Waals surface area contributed by atoms with Crippen molar-refractivity contribution in [3.63, 3.8) is 0 Å². The number of benzene rings is 3. The minimum Gasteiger partial charge on any atom is -0.485 e. The molecule has 2 N–H and O–H groups in total. The minimum absolute atomic E-state index is 0.0662. The van der Waals surface area contributed by atoms with E-state index in [4.69, 9.17) is 9.47 Å². The summed E-state index contributed by atoms with van der Waals surface area (Å²) in [5.41, 5.74) is 3.88. The maximum atomic E-state index is 12.7. The second-order valence-electron chi connectivity index (χ2n) is 7.42. The minimum atomic E-state index is -0.853. The zero-order chi connectivity index (χ0) is 22.1. The van der Waals surface area contributed by atoms with Gasteiger partial charge in [-0.15, -0.1) is 0 Å². The van der Waals surface area contributed by atoms with Gasteiger partial charge in [0.2, 0.25) is 6.10 Å². The summed E-state index contributed by atoms with van der Waals surface area (Å²) in [4.78, 5) is 25.2. The summed E-state index contributed by atoms with van der Waals surface area (Å²) >= 11 is 0. The summed E-state index contributed by atoms with van der Waals surface area (Å²) in [6.45, 7) is 1.83. The number of nitrogens with one attached hydrogen (secondary N) is 2. The number of aryl methyl sites for hydroxylation is 1. The summed E-state index contributed by atoms with van der Waals surface area (Å²) in [5, 5.41) is 8.99. The lowest BCUT2D eigenvalue weighted by molar-refractivity contribution is -0.130. The summed E-state index contributed by atoms with van der Waals surface area (Å²) in [5.74, 6) is 0.642. The van der Waals surface area contributed by atoms with E-state index in [0.717, 1.165) is 10.8 Å². The average molecular weight is 428 g/mol. The van der Waals surface area contributed by atoms with Crippen molar-refractivity contribution in [2.75, 3.05) is 6.61 Å². The molecule has 0 fully saturated rings. The number of hydrogen-bond acceptors (Lipinski definition) is 5. The monoisotopic (exact) mass is 428 g/mol. The predicted octanol–water partition coefficient (Wildman–Crippen LogP) is 2.92. The first-order valence-corrected chi connectivity index (χ1v) is 10.1. The Kier molecular flexibility index (Phi) is 4.95. The van der Waals surface area contributed by atoms with Crippen molar-refractivity contribution < 1.29 is 14.3 Å². The third-order valence-electron chi connectivity index (χ3n) is 5.26. The van der Waals surface area contributed by atoms with Crippen molar-refractivity contribution in [3.05, 3.63) is 88.3 Å². The fourth-order valence-electron chi connectivity index (χ4n) is 3.59. The molecule has 2 heterocycles. The van der Waals surface area contributed by atoms with Crippen molar-refractivity contribution in [2.24, 2.45) is 5.10 Å². The highest BCUT2D eigenvalue weighted by atomic mass is 16.6. The highest BCUT2D eigenvalue weighted by molar-refractivity contribution is 5.88. The van der Waals surface area contributed by atoms with Crippen molar-refractivity contribution in [1.82, 2.24) is 15.2 Å². The second kappa shape index (κ2) is 8.07. The van der Waals surface area contributed by atoms with Crippen LogP contribution in [0.25, 0.3) is 16.5 Å². The fourth-order valence-corrected chi connectivity index (χ4v) is 3.59. The lowest BCUT2D eigenvalue weighted by Gasteiger charge is -2.25. The molecule has 8 nitrogen and oxygen atoms in total. The molecule has 3 aromatic carbocycles. The molecule has 1 aromatic heterocycles. The molecule has 1 aliphatic rings. The summed E-state index contributed by atoms with van der Waals surface area (Å²) in [6, 6.07) is 20.8. The van der Waals surface area contributed by atoms with E-state index in [1.165, 1.54) is 10.9 Å². The number of aromatic amines is 1. The van der Waals surface area contributed by atoms with Gasteiger partial charge >= 0.3 is 0 Å². The summed E-state index contributed by atoms with van der Waals surface area (Å²) in [6.07, 6.45) is 0.477. The number of amides is 1. The molecule has 160 valence electrons. The quantitative estimate of drug-likeness (QED) is 0.386. The first-order valence-electron chi connectivity index (χ1n) is 10.1. The number of fused-ring (bicyclic) bond motifs is 2. The molecule has 0 radical (unpaired) electrons. The predicted molar refractivity (Wildman–Crippen MR) is 121 cm³/mol. The SMILES string of the molecule is Cc1[nH]n(-c2ccccc2)c(=O)c1/C=N/NC(=O)C1COc2cc3ccccc3cc2O1. The highest BCUT2D eigenvalue weighted by Crippen LogP contribution is 2.35. The maximum absolute atomic E-state index is 12.7. The van der Waals surface area contributed by atoms with E-state index >= 15 is 0 Å². The number of para-hydroxylation sites is 1. The van der Waals surface area contributed by atoms with Gasteiger partial charge in [-0.1, -0.05) is 42.5 Å². The molecule has 0 saturated carbocycles. The lowest BCUT2D eigenvalue weighted by atomic mass is 10.1. The van der Waals surface area contributed by atoms with Gasteiger partial charge in [0.15, 0.2) is 11.5 Å². The Balaban J connectivity index is 1.29. The molecule has 0 spiro atoms. The molecule has 5 rings (SSSR count). The van der Waals surface area contributed by atoms with Crippen LogP contribution in [-0.2, 0) is 4.79 Å². The molecular weight excluding hydrogens is 408 g/mol. The third-order valence-corrected chi connectivity index (χ3v) is 5.26. The largest absolute Gasteiger partial charge is 0.485 e. The number of hydrazone groups is 1. The molecule has 1 amide bonds. The van der Waals surface area contributed by atoms with Crippen molar-refractivity contribution in [1.29, 1.82) is 0 Å². The number of hydrogen-bond donors (Lipinski definition) is 2. The van der Waals surface area contributed by atoms with Gasteiger partial charge in [-0.25, -0.2) is 10.1 Å². The van der Waals surface area contributed by atoms with Crippen LogP contribution in [0, 0.1) is 6.92 Å². The molecule has 0 aliphatic carbocycles.